The average Bonchev–Trinajstić information content (AvgIpc) is 2.85. The molecule has 1 atom stereocenters. The molecular weight excluding hydrogens is 510 g/mol. The van der Waals surface area contributed by atoms with Crippen LogP contribution in [0.5, 0.6) is 0 Å². The van der Waals surface area contributed by atoms with Gasteiger partial charge in [-0.2, -0.15) is 0 Å². The van der Waals surface area contributed by atoms with Crippen molar-refractivity contribution in [2.45, 2.75) is 32.9 Å². The number of carbonyl (C=O) groups excluding carboxylic acids is 2. The zero-order valence-corrected chi connectivity index (χ0v) is 23.0. The summed E-state index contributed by atoms with van der Waals surface area (Å²) in [6, 6.07) is 21.1. The van der Waals surface area contributed by atoms with Gasteiger partial charge in [0.1, 0.15) is 12.6 Å². The van der Waals surface area contributed by atoms with Gasteiger partial charge in [-0.05, 0) is 42.7 Å². The van der Waals surface area contributed by atoms with Crippen LogP contribution in [0.2, 0.25) is 5.02 Å². The molecule has 3 rings (SSSR count). The van der Waals surface area contributed by atoms with Crippen LogP contribution in [-0.2, 0) is 32.6 Å². The Hall–Kier alpha value is -3.36. The summed E-state index contributed by atoms with van der Waals surface area (Å²) in [6.07, 6.45) is 1.32. The Morgan fingerprint density at radius 3 is 2.24 bits per heavy atom. The summed E-state index contributed by atoms with van der Waals surface area (Å²) < 4.78 is 26.7. The predicted molar refractivity (Wildman–Crippen MR) is 148 cm³/mol. The number of nitrogens with zero attached hydrogens (tertiary/aromatic N) is 2. The number of amides is 2. The number of carbonyl (C=O) groups is 2. The first-order valence-electron chi connectivity index (χ1n) is 11.8. The fourth-order valence-electron chi connectivity index (χ4n) is 4.17. The Bertz CT molecular complexity index is 1360. The van der Waals surface area contributed by atoms with Crippen molar-refractivity contribution in [3.05, 3.63) is 100 Å². The first-order valence-corrected chi connectivity index (χ1v) is 14.1. The maximum Gasteiger partial charge on any atom is 0.244 e. The van der Waals surface area contributed by atoms with E-state index in [-0.39, 0.29) is 18.9 Å². The number of benzene rings is 3. The van der Waals surface area contributed by atoms with Gasteiger partial charge in [-0.3, -0.25) is 13.9 Å². The monoisotopic (exact) mass is 541 g/mol. The molecule has 0 spiro atoms. The van der Waals surface area contributed by atoms with Crippen molar-refractivity contribution < 1.29 is 18.0 Å². The van der Waals surface area contributed by atoms with E-state index in [2.05, 4.69) is 5.32 Å². The van der Waals surface area contributed by atoms with Gasteiger partial charge in [-0.25, -0.2) is 8.42 Å². The Morgan fingerprint density at radius 1 is 0.946 bits per heavy atom. The molecular formula is C28H32ClN3O4S. The molecule has 0 fully saturated rings. The summed E-state index contributed by atoms with van der Waals surface area (Å²) in [5.41, 5.74) is 3.69. The maximum atomic E-state index is 13.9. The molecule has 37 heavy (non-hydrogen) atoms. The second kappa shape index (κ2) is 12.3. The molecule has 0 bridgehead atoms. The molecule has 0 aromatic heterocycles. The molecule has 0 aliphatic rings. The minimum absolute atomic E-state index is 0.136. The lowest BCUT2D eigenvalue weighted by Gasteiger charge is -2.33. The molecule has 0 saturated heterocycles. The molecule has 0 aliphatic carbocycles. The fourth-order valence-corrected chi connectivity index (χ4v) is 5.24. The van der Waals surface area contributed by atoms with E-state index >= 15 is 0 Å². The third-order valence-electron chi connectivity index (χ3n) is 6.07. The topological polar surface area (TPSA) is 86.8 Å². The van der Waals surface area contributed by atoms with E-state index < -0.39 is 28.5 Å². The quantitative estimate of drug-likeness (QED) is 0.418. The molecule has 196 valence electrons. The molecule has 1 unspecified atom stereocenters. The zero-order valence-electron chi connectivity index (χ0n) is 21.4. The van der Waals surface area contributed by atoms with E-state index in [1.54, 1.807) is 19.1 Å². The van der Waals surface area contributed by atoms with E-state index in [9.17, 15) is 18.0 Å². The molecule has 0 saturated carbocycles. The van der Waals surface area contributed by atoms with Crippen molar-refractivity contribution in [2.75, 3.05) is 24.2 Å². The van der Waals surface area contributed by atoms with Gasteiger partial charge in [0.2, 0.25) is 21.8 Å². The fraction of sp³-hybridized carbons (Fsp3) is 0.286. The summed E-state index contributed by atoms with van der Waals surface area (Å²) >= 11 is 6.16. The largest absolute Gasteiger partial charge is 0.357 e. The third-order valence-corrected chi connectivity index (χ3v) is 7.43. The number of nitrogens with one attached hydrogen (secondary N) is 1. The van der Waals surface area contributed by atoms with Crippen LogP contribution in [0.1, 0.15) is 22.3 Å². The van der Waals surface area contributed by atoms with E-state index in [1.165, 1.54) is 18.0 Å². The van der Waals surface area contributed by atoms with Crippen molar-refractivity contribution in [3.63, 3.8) is 0 Å². The van der Waals surface area contributed by atoms with Gasteiger partial charge in [0, 0.05) is 25.0 Å². The van der Waals surface area contributed by atoms with E-state index in [0.29, 0.717) is 16.3 Å². The van der Waals surface area contributed by atoms with Crippen LogP contribution in [0.25, 0.3) is 0 Å². The zero-order chi connectivity index (χ0) is 27.2. The number of sulfonamides is 1. The van der Waals surface area contributed by atoms with Crippen LogP contribution < -0.4 is 9.62 Å². The molecule has 7 nitrogen and oxygen atoms in total. The number of hydrogen-bond donors (Lipinski definition) is 1. The highest BCUT2D eigenvalue weighted by molar-refractivity contribution is 7.92. The van der Waals surface area contributed by atoms with E-state index in [0.717, 1.165) is 27.3 Å². The molecule has 3 aromatic carbocycles. The van der Waals surface area contributed by atoms with Crippen LogP contribution in [0.15, 0.2) is 72.8 Å². The van der Waals surface area contributed by atoms with Gasteiger partial charge in [-0.1, -0.05) is 77.8 Å². The number of likely N-dealkylation sites (N-methyl/N-ethyl adjacent to an activating group) is 1. The van der Waals surface area contributed by atoms with Crippen molar-refractivity contribution in [1.82, 2.24) is 10.2 Å². The third kappa shape index (κ3) is 7.57. The van der Waals surface area contributed by atoms with E-state index in [1.807, 2.05) is 61.5 Å². The van der Waals surface area contributed by atoms with Gasteiger partial charge in [-0.15, -0.1) is 0 Å². The van der Waals surface area contributed by atoms with E-state index in [4.69, 9.17) is 11.6 Å². The summed E-state index contributed by atoms with van der Waals surface area (Å²) in [7, 11) is -2.33. The van der Waals surface area contributed by atoms with Crippen molar-refractivity contribution >= 4 is 39.1 Å². The normalized spacial score (nSPS) is 12.0. The number of aryl methyl sites for hydroxylation is 2. The molecule has 0 aliphatic heterocycles. The van der Waals surface area contributed by atoms with Gasteiger partial charge < -0.3 is 10.2 Å². The molecule has 9 heteroatoms. The lowest BCUT2D eigenvalue weighted by atomic mass is 10.0. The number of halogens is 1. The van der Waals surface area contributed by atoms with Crippen LogP contribution in [0.3, 0.4) is 0 Å². The van der Waals surface area contributed by atoms with Gasteiger partial charge in [0.05, 0.1) is 11.9 Å². The van der Waals surface area contributed by atoms with Gasteiger partial charge >= 0.3 is 0 Å². The SMILES string of the molecule is CNC(=O)C(Cc1ccccc1)N(Cc1cccc(C)c1)C(=O)CN(c1cc(Cl)ccc1C)S(C)(=O)=O. The number of rotatable bonds is 10. The minimum atomic E-state index is -3.85. The lowest BCUT2D eigenvalue weighted by Crippen LogP contribution is -2.53. The van der Waals surface area contributed by atoms with Gasteiger partial charge in [0.25, 0.3) is 0 Å². The first kappa shape index (κ1) is 28.2. The summed E-state index contributed by atoms with van der Waals surface area (Å²) in [6.45, 7) is 3.36. The summed E-state index contributed by atoms with van der Waals surface area (Å²) in [4.78, 5) is 28.5. The van der Waals surface area contributed by atoms with Crippen LogP contribution in [-0.4, -0.2) is 51.0 Å². The maximum absolute atomic E-state index is 13.9. The molecule has 1 N–H and O–H groups in total. The highest BCUT2D eigenvalue weighted by Crippen LogP contribution is 2.27. The summed E-state index contributed by atoms with van der Waals surface area (Å²) in [5.74, 6) is -0.842. The number of anilines is 1. The van der Waals surface area contributed by atoms with Gasteiger partial charge in [0.15, 0.2) is 0 Å². The Balaban J connectivity index is 2.06. The Labute approximate surface area is 224 Å². The standard InChI is InChI=1S/C28H32ClN3O4S/c1-20-9-8-12-23(15-20)18-31(26(28(34)30-3)16-22-10-6-5-7-11-22)27(33)19-32(37(4,35)36)25-17-24(29)14-13-21(25)2/h5-15,17,26H,16,18-19H2,1-4H3,(H,30,34). The lowest BCUT2D eigenvalue weighted by molar-refractivity contribution is -0.139. The van der Waals surface area contributed by atoms with Crippen LogP contribution in [0.4, 0.5) is 5.69 Å². The first-order chi connectivity index (χ1) is 17.5. The minimum Gasteiger partial charge on any atom is -0.357 e. The van der Waals surface area contributed by atoms with Crippen molar-refractivity contribution in [3.8, 4) is 0 Å². The second-order valence-electron chi connectivity index (χ2n) is 9.03. The second-order valence-corrected chi connectivity index (χ2v) is 11.4. The summed E-state index contributed by atoms with van der Waals surface area (Å²) in [5, 5.41) is 3.02. The molecule has 3 aromatic rings. The van der Waals surface area contributed by atoms with Crippen LogP contribution in [0, 0.1) is 13.8 Å². The van der Waals surface area contributed by atoms with Crippen LogP contribution >= 0.6 is 11.6 Å². The molecule has 0 radical (unpaired) electrons. The van der Waals surface area contributed by atoms with Crippen molar-refractivity contribution in [1.29, 1.82) is 0 Å². The van der Waals surface area contributed by atoms with Crippen molar-refractivity contribution in [2.24, 2.45) is 0 Å². The molecule has 2 amide bonds. The average molecular weight is 542 g/mol. The Morgan fingerprint density at radius 2 is 1.62 bits per heavy atom. The highest BCUT2D eigenvalue weighted by atomic mass is 35.5. The molecule has 0 heterocycles. The Kier molecular flexibility index (Phi) is 9.34. The smallest absolute Gasteiger partial charge is 0.244 e. The number of hydrogen-bond acceptors (Lipinski definition) is 4. The highest BCUT2D eigenvalue weighted by Gasteiger charge is 2.33. The predicted octanol–water partition coefficient (Wildman–Crippen LogP) is 4.11.